The highest BCUT2D eigenvalue weighted by molar-refractivity contribution is 5.96. The largest absolute Gasteiger partial charge is 0.379 e. The summed E-state index contributed by atoms with van der Waals surface area (Å²) < 4.78 is 6.36. The van der Waals surface area contributed by atoms with Crippen molar-refractivity contribution >= 4 is 11.7 Å². The van der Waals surface area contributed by atoms with Crippen LogP contribution in [0.15, 0.2) is 17.0 Å². The Balaban J connectivity index is 1.84. The van der Waals surface area contributed by atoms with Crippen molar-refractivity contribution in [1.82, 2.24) is 24.8 Å². The van der Waals surface area contributed by atoms with Crippen LogP contribution in [-0.2, 0) is 13.6 Å². The molecule has 1 aliphatic carbocycles. The van der Waals surface area contributed by atoms with E-state index in [-0.39, 0.29) is 23.5 Å². The van der Waals surface area contributed by atoms with Crippen molar-refractivity contribution < 1.29 is 9.42 Å². The molecule has 0 saturated heterocycles. The maximum Gasteiger partial charge on any atom is 0.280 e. The molecular weight excluding hydrogens is 248 g/mol. The quantitative estimate of drug-likeness (QED) is 0.843. The van der Waals surface area contributed by atoms with Crippen LogP contribution in [0.4, 0.5) is 5.82 Å². The number of nitrogens with two attached hydrogens (primary N) is 1. The molecule has 8 heteroatoms. The van der Waals surface area contributed by atoms with E-state index < -0.39 is 0 Å². The molecule has 1 amide bonds. The molecule has 3 rings (SSSR count). The van der Waals surface area contributed by atoms with Crippen LogP contribution in [-0.4, -0.2) is 36.7 Å². The third kappa shape index (κ3) is 2.16. The van der Waals surface area contributed by atoms with Gasteiger partial charge >= 0.3 is 0 Å². The lowest BCUT2D eigenvalue weighted by atomic mass is 10.3. The highest BCUT2D eigenvalue weighted by Gasteiger charge is 2.36. The average molecular weight is 262 g/mol. The van der Waals surface area contributed by atoms with Gasteiger partial charge in [-0.1, -0.05) is 0 Å². The second-order valence-electron chi connectivity index (χ2n) is 4.62. The minimum absolute atomic E-state index is 0.0236. The van der Waals surface area contributed by atoms with Gasteiger partial charge in [0.25, 0.3) is 5.91 Å². The number of amides is 1. The molecule has 2 aromatic heterocycles. The molecule has 2 heterocycles. The molecule has 2 aromatic rings. The Morgan fingerprint density at radius 3 is 2.89 bits per heavy atom. The van der Waals surface area contributed by atoms with Gasteiger partial charge in [0.15, 0.2) is 0 Å². The molecule has 8 nitrogen and oxygen atoms in total. The minimum atomic E-state index is -0.260. The summed E-state index contributed by atoms with van der Waals surface area (Å²) >= 11 is 0. The Bertz CT molecular complexity index is 600. The van der Waals surface area contributed by atoms with E-state index in [1.807, 2.05) is 17.8 Å². The van der Waals surface area contributed by atoms with Crippen LogP contribution in [0.25, 0.3) is 0 Å². The number of hydrogen-bond acceptors (Lipinski definition) is 6. The van der Waals surface area contributed by atoms with Crippen LogP contribution in [0, 0.1) is 0 Å². The van der Waals surface area contributed by atoms with E-state index in [0.29, 0.717) is 6.54 Å². The summed E-state index contributed by atoms with van der Waals surface area (Å²) in [5, 5.41) is 7.01. The first-order valence-corrected chi connectivity index (χ1v) is 6.02. The third-order valence-electron chi connectivity index (χ3n) is 3.20. The Morgan fingerprint density at radius 1 is 1.58 bits per heavy atom. The summed E-state index contributed by atoms with van der Waals surface area (Å²) in [4.78, 5) is 18.3. The summed E-state index contributed by atoms with van der Waals surface area (Å²) in [6.07, 6.45) is 5.52. The van der Waals surface area contributed by atoms with Gasteiger partial charge in [-0.05, 0) is 23.2 Å². The van der Waals surface area contributed by atoms with E-state index >= 15 is 0 Å². The summed E-state index contributed by atoms with van der Waals surface area (Å²) in [6, 6.07) is 0.222. The number of aromatic nitrogens is 4. The Labute approximate surface area is 109 Å². The van der Waals surface area contributed by atoms with Crippen LogP contribution in [0.5, 0.6) is 0 Å². The number of carbonyl (C=O) groups is 1. The predicted molar refractivity (Wildman–Crippen MR) is 64.8 cm³/mol. The Hall–Kier alpha value is -2.38. The number of anilines is 1. The number of nitrogens with zero attached hydrogens (tertiary/aromatic N) is 5. The predicted octanol–water partition coefficient (Wildman–Crippen LogP) is 0.190. The second kappa shape index (κ2) is 4.38. The molecule has 2 N–H and O–H groups in total. The fourth-order valence-corrected chi connectivity index (χ4v) is 1.93. The molecule has 0 aliphatic heterocycles. The van der Waals surface area contributed by atoms with Gasteiger partial charge < -0.3 is 15.2 Å². The van der Waals surface area contributed by atoms with Gasteiger partial charge in [0, 0.05) is 25.5 Å². The molecule has 0 atom stereocenters. The van der Waals surface area contributed by atoms with Gasteiger partial charge in [-0.3, -0.25) is 4.79 Å². The number of nitrogen functional groups attached to an aromatic ring is 1. The standard InChI is InChI=1S/C11H14N6O2/c1-16-5-4-13-8(16)6-17(7-2-3-7)11(18)9-10(12)15-19-14-9/h4-5,7H,2-3,6H2,1H3,(H2,12,15). The molecule has 0 bridgehead atoms. The fourth-order valence-electron chi connectivity index (χ4n) is 1.93. The average Bonchev–Trinajstić information content (AvgIpc) is 3.02. The van der Waals surface area contributed by atoms with Crippen LogP contribution in [0.3, 0.4) is 0 Å². The van der Waals surface area contributed by atoms with Gasteiger partial charge in [-0.2, -0.15) is 0 Å². The Morgan fingerprint density at radius 2 is 2.37 bits per heavy atom. The minimum Gasteiger partial charge on any atom is -0.379 e. The number of carbonyl (C=O) groups excluding carboxylic acids is 1. The van der Waals surface area contributed by atoms with Crippen molar-refractivity contribution in [3.63, 3.8) is 0 Å². The lowest BCUT2D eigenvalue weighted by Crippen LogP contribution is -2.34. The zero-order valence-electron chi connectivity index (χ0n) is 10.5. The highest BCUT2D eigenvalue weighted by Crippen LogP contribution is 2.29. The molecule has 1 aliphatic rings. The Kier molecular flexibility index (Phi) is 2.69. The molecule has 0 radical (unpaired) electrons. The maximum atomic E-state index is 12.4. The van der Waals surface area contributed by atoms with Gasteiger partial charge in [-0.15, -0.1) is 0 Å². The normalized spacial score (nSPS) is 14.6. The monoisotopic (exact) mass is 262 g/mol. The van der Waals surface area contributed by atoms with Gasteiger partial charge in [0.05, 0.1) is 6.54 Å². The molecular formula is C11H14N6O2. The number of aryl methyl sites for hydroxylation is 1. The molecule has 100 valence electrons. The van der Waals surface area contributed by atoms with Crippen molar-refractivity contribution in [2.45, 2.75) is 25.4 Å². The molecule has 0 unspecified atom stereocenters. The fraction of sp³-hybridized carbons (Fsp3) is 0.455. The van der Waals surface area contributed by atoms with Gasteiger partial charge in [-0.25, -0.2) is 9.61 Å². The van der Waals surface area contributed by atoms with E-state index in [0.717, 1.165) is 18.7 Å². The first-order valence-electron chi connectivity index (χ1n) is 6.02. The smallest absolute Gasteiger partial charge is 0.280 e. The number of imidazole rings is 1. The number of rotatable bonds is 4. The molecule has 0 spiro atoms. The van der Waals surface area contributed by atoms with Crippen molar-refractivity contribution in [3.05, 3.63) is 23.9 Å². The SMILES string of the molecule is Cn1ccnc1CN(C(=O)c1nonc1N)C1CC1. The van der Waals surface area contributed by atoms with Crippen LogP contribution >= 0.6 is 0 Å². The van der Waals surface area contributed by atoms with Crippen LogP contribution in [0.1, 0.15) is 29.2 Å². The van der Waals surface area contributed by atoms with Crippen molar-refractivity contribution in [1.29, 1.82) is 0 Å². The van der Waals surface area contributed by atoms with E-state index in [1.165, 1.54) is 0 Å². The topological polar surface area (TPSA) is 103 Å². The lowest BCUT2D eigenvalue weighted by Gasteiger charge is -2.20. The van der Waals surface area contributed by atoms with E-state index in [2.05, 4.69) is 19.9 Å². The van der Waals surface area contributed by atoms with Gasteiger partial charge in [0.2, 0.25) is 11.5 Å². The van der Waals surface area contributed by atoms with E-state index in [4.69, 9.17) is 5.73 Å². The van der Waals surface area contributed by atoms with Crippen LogP contribution in [0.2, 0.25) is 0 Å². The molecule has 1 fully saturated rings. The third-order valence-corrected chi connectivity index (χ3v) is 3.20. The summed E-state index contributed by atoms with van der Waals surface area (Å²) in [7, 11) is 1.89. The van der Waals surface area contributed by atoms with Crippen molar-refractivity contribution in [2.24, 2.45) is 7.05 Å². The summed E-state index contributed by atoms with van der Waals surface area (Å²) in [5.41, 5.74) is 5.64. The van der Waals surface area contributed by atoms with Gasteiger partial charge in [0.1, 0.15) is 5.82 Å². The van der Waals surface area contributed by atoms with Crippen molar-refractivity contribution in [2.75, 3.05) is 5.73 Å². The highest BCUT2D eigenvalue weighted by atomic mass is 16.6. The number of hydrogen-bond donors (Lipinski definition) is 1. The van der Waals surface area contributed by atoms with Crippen LogP contribution < -0.4 is 5.73 Å². The van der Waals surface area contributed by atoms with E-state index in [9.17, 15) is 4.79 Å². The molecule has 19 heavy (non-hydrogen) atoms. The summed E-state index contributed by atoms with van der Waals surface area (Å²) in [6.45, 7) is 0.430. The maximum absolute atomic E-state index is 12.4. The lowest BCUT2D eigenvalue weighted by molar-refractivity contribution is 0.0713. The second-order valence-corrected chi connectivity index (χ2v) is 4.62. The summed E-state index contributed by atoms with van der Waals surface area (Å²) in [5.74, 6) is 0.579. The first kappa shape index (κ1) is 11.7. The van der Waals surface area contributed by atoms with E-state index in [1.54, 1.807) is 11.1 Å². The molecule has 1 saturated carbocycles. The van der Waals surface area contributed by atoms with Crippen molar-refractivity contribution in [3.8, 4) is 0 Å². The zero-order valence-corrected chi connectivity index (χ0v) is 10.5. The molecule has 0 aromatic carbocycles. The zero-order chi connectivity index (χ0) is 13.4. The first-order chi connectivity index (χ1) is 9.16.